The van der Waals surface area contributed by atoms with Crippen LogP contribution in [-0.4, -0.2) is 46.6 Å². The normalized spacial score (nSPS) is 15.6. The Hall–Kier alpha value is -2.73. The molecule has 0 radical (unpaired) electrons. The lowest BCUT2D eigenvalue weighted by molar-refractivity contribution is -0.137. The van der Waals surface area contributed by atoms with E-state index in [9.17, 15) is 4.79 Å². The van der Waals surface area contributed by atoms with E-state index in [2.05, 4.69) is 50.5 Å². The number of benzene rings is 1. The lowest BCUT2D eigenvalue weighted by Gasteiger charge is -2.32. The molecule has 1 saturated heterocycles. The molecule has 1 N–H and O–H groups in total. The highest BCUT2D eigenvalue weighted by Gasteiger charge is 2.20. The topological polar surface area (TPSA) is 67.3 Å². The SMILES string of the molecule is CCOC(=O)/C=C/c1cnc(NC2CCN(Cc3ccccc3)CC2)nc1C. The number of carbonyl (C=O) groups excluding carboxylic acids is 1. The molecule has 1 aliphatic heterocycles. The van der Waals surface area contributed by atoms with Crippen LogP contribution in [0.25, 0.3) is 6.08 Å². The molecule has 1 aromatic heterocycles. The van der Waals surface area contributed by atoms with Gasteiger partial charge in [-0.3, -0.25) is 4.90 Å². The number of ether oxygens (including phenoxy) is 1. The standard InChI is InChI=1S/C22H28N4O2/c1-3-28-21(27)10-9-19-15-23-22(24-17(19)2)25-20-11-13-26(14-12-20)16-18-7-5-4-6-8-18/h4-10,15,20H,3,11-14,16H2,1-2H3,(H,23,24,25)/b10-9+. The van der Waals surface area contributed by atoms with Crippen LogP contribution in [0.1, 0.15) is 36.6 Å². The minimum atomic E-state index is -0.355. The third kappa shape index (κ3) is 5.89. The number of rotatable bonds is 7. The van der Waals surface area contributed by atoms with Crippen LogP contribution in [0.15, 0.2) is 42.6 Å². The molecule has 0 amide bonds. The molecule has 2 aromatic rings. The third-order valence-electron chi connectivity index (χ3n) is 4.87. The van der Waals surface area contributed by atoms with Crippen LogP contribution in [0.4, 0.5) is 5.95 Å². The van der Waals surface area contributed by atoms with E-state index in [0.29, 0.717) is 18.6 Å². The molecular weight excluding hydrogens is 352 g/mol. The van der Waals surface area contributed by atoms with E-state index in [1.54, 1.807) is 19.2 Å². The van der Waals surface area contributed by atoms with Crippen molar-refractivity contribution in [2.75, 3.05) is 25.0 Å². The van der Waals surface area contributed by atoms with Gasteiger partial charge in [0.1, 0.15) is 0 Å². The molecule has 148 valence electrons. The van der Waals surface area contributed by atoms with Gasteiger partial charge < -0.3 is 10.1 Å². The van der Waals surface area contributed by atoms with Crippen molar-refractivity contribution in [1.82, 2.24) is 14.9 Å². The fourth-order valence-corrected chi connectivity index (χ4v) is 3.32. The first-order valence-corrected chi connectivity index (χ1v) is 9.85. The summed E-state index contributed by atoms with van der Waals surface area (Å²) in [6, 6.07) is 11.0. The average molecular weight is 380 g/mol. The maximum absolute atomic E-state index is 11.4. The Morgan fingerprint density at radius 3 is 2.71 bits per heavy atom. The van der Waals surface area contributed by atoms with Crippen molar-refractivity contribution in [1.29, 1.82) is 0 Å². The quantitative estimate of drug-likeness (QED) is 0.586. The summed E-state index contributed by atoms with van der Waals surface area (Å²) in [5.74, 6) is 0.290. The van der Waals surface area contributed by atoms with Crippen LogP contribution >= 0.6 is 0 Å². The van der Waals surface area contributed by atoms with Crippen molar-refractivity contribution in [3.05, 3.63) is 59.4 Å². The molecule has 6 nitrogen and oxygen atoms in total. The van der Waals surface area contributed by atoms with Crippen molar-refractivity contribution >= 4 is 18.0 Å². The van der Waals surface area contributed by atoms with E-state index >= 15 is 0 Å². The molecule has 6 heteroatoms. The molecule has 1 fully saturated rings. The zero-order chi connectivity index (χ0) is 19.8. The van der Waals surface area contributed by atoms with Gasteiger partial charge in [0, 0.05) is 43.5 Å². The summed E-state index contributed by atoms with van der Waals surface area (Å²) < 4.78 is 4.89. The van der Waals surface area contributed by atoms with Gasteiger partial charge in [-0.05, 0) is 38.3 Å². The second kappa shape index (κ2) is 9.99. The van der Waals surface area contributed by atoms with Gasteiger partial charge in [-0.25, -0.2) is 14.8 Å². The van der Waals surface area contributed by atoms with Crippen LogP contribution < -0.4 is 5.32 Å². The molecule has 0 unspecified atom stereocenters. The van der Waals surface area contributed by atoms with E-state index in [1.165, 1.54) is 11.6 Å². The van der Waals surface area contributed by atoms with Crippen LogP contribution in [0.2, 0.25) is 0 Å². The fourth-order valence-electron chi connectivity index (χ4n) is 3.32. The number of hydrogen-bond donors (Lipinski definition) is 1. The Kier molecular flexibility index (Phi) is 7.14. The first kappa shape index (κ1) is 20.0. The van der Waals surface area contributed by atoms with Gasteiger partial charge in [-0.15, -0.1) is 0 Å². The predicted octanol–water partition coefficient (Wildman–Crippen LogP) is 3.44. The van der Waals surface area contributed by atoms with Crippen LogP contribution in [-0.2, 0) is 16.1 Å². The number of aryl methyl sites for hydroxylation is 1. The second-order valence-electron chi connectivity index (χ2n) is 7.00. The van der Waals surface area contributed by atoms with Gasteiger partial charge in [0.05, 0.1) is 12.3 Å². The number of hydrogen-bond acceptors (Lipinski definition) is 6. The van der Waals surface area contributed by atoms with Gasteiger partial charge in [0.25, 0.3) is 0 Å². The minimum absolute atomic E-state index is 0.355. The first-order chi connectivity index (χ1) is 13.6. The smallest absolute Gasteiger partial charge is 0.330 e. The summed E-state index contributed by atoms with van der Waals surface area (Å²) in [5, 5.41) is 3.45. The summed E-state index contributed by atoms with van der Waals surface area (Å²) in [4.78, 5) is 22.9. The molecule has 28 heavy (non-hydrogen) atoms. The van der Waals surface area contributed by atoms with Crippen LogP contribution in [0.5, 0.6) is 0 Å². The number of nitrogens with zero attached hydrogens (tertiary/aromatic N) is 3. The molecule has 1 aromatic carbocycles. The number of nitrogens with one attached hydrogen (secondary N) is 1. The summed E-state index contributed by atoms with van der Waals surface area (Å²) >= 11 is 0. The summed E-state index contributed by atoms with van der Waals surface area (Å²) in [6.45, 7) is 7.20. The highest BCUT2D eigenvalue weighted by atomic mass is 16.5. The summed E-state index contributed by atoms with van der Waals surface area (Å²) in [5.41, 5.74) is 3.01. The van der Waals surface area contributed by atoms with E-state index in [4.69, 9.17) is 4.74 Å². The third-order valence-corrected chi connectivity index (χ3v) is 4.87. The van der Waals surface area contributed by atoms with Crippen molar-refractivity contribution in [3.63, 3.8) is 0 Å². The van der Waals surface area contributed by atoms with Crippen LogP contribution in [0, 0.1) is 6.92 Å². The highest BCUT2D eigenvalue weighted by molar-refractivity contribution is 5.87. The minimum Gasteiger partial charge on any atom is -0.463 e. The first-order valence-electron chi connectivity index (χ1n) is 9.85. The van der Waals surface area contributed by atoms with Crippen molar-refractivity contribution in [2.45, 2.75) is 39.3 Å². The molecular formula is C22H28N4O2. The van der Waals surface area contributed by atoms with E-state index in [0.717, 1.165) is 43.7 Å². The summed E-state index contributed by atoms with van der Waals surface area (Å²) in [7, 11) is 0. The van der Waals surface area contributed by atoms with E-state index < -0.39 is 0 Å². The fraction of sp³-hybridized carbons (Fsp3) is 0.409. The largest absolute Gasteiger partial charge is 0.463 e. The van der Waals surface area contributed by atoms with Gasteiger partial charge >= 0.3 is 5.97 Å². The zero-order valence-electron chi connectivity index (χ0n) is 16.6. The lowest BCUT2D eigenvalue weighted by atomic mass is 10.0. The second-order valence-corrected chi connectivity index (χ2v) is 7.00. The Morgan fingerprint density at radius 1 is 1.29 bits per heavy atom. The van der Waals surface area contributed by atoms with Crippen molar-refractivity contribution < 1.29 is 9.53 Å². The van der Waals surface area contributed by atoms with E-state index in [-0.39, 0.29) is 5.97 Å². The Morgan fingerprint density at radius 2 is 2.04 bits per heavy atom. The maximum Gasteiger partial charge on any atom is 0.330 e. The monoisotopic (exact) mass is 380 g/mol. The molecule has 0 aliphatic carbocycles. The summed E-state index contributed by atoms with van der Waals surface area (Å²) in [6.07, 6.45) is 6.98. The predicted molar refractivity (Wildman–Crippen MR) is 111 cm³/mol. The van der Waals surface area contributed by atoms with Crippen molar-refractivity contribution in [2.24, 2.45) is 0 Å². The molecule has 0 spiro atoms. The molecule has 2 heterocycles. The number of aromatic nitrogens is 2. The maximum atomic E-state index is 11.4. The number of esters is 1. The molecule has 0 bridgehead atoms. The average Bonchev–Trinajstić information content (AvgIpc) is 2.70. The number of anilines is 1. The zero-order valence-corrected chi connectivity index (χ0v) is 16.6. The number of likely N-dealkylation sites (tertiary alicyclic amines) is 1. The molecule has 0 atom stereocenters. The Labute approximate surface area is 166 Å². The van der Waals surface area contributed by atoms with E-state index in [1.807, 2.05) is 6.92 Å². The van der Waals surface area contributed by atoms with Gasteiger partial charge in [-0.1, -0.05) is 30.3 Å². The van der Waals surface area contributed by atoms with Gasteiger partial charge in [0.15, 0.2) is 0 Å². The lowest BCUT2D eigenvalue weighted by Crippen LogP contribution is -2.39. The molecule has 3 rings (SSSR count). The van der Waals surface area contributed by atoms with Crippen molar-refractivity contribution in [3.8, 4) is 0 Å². The number of carbonyl (C=O) groups is 1. The van der Waals surface area contributed by atoms with Crippen LogP contribution in [0.3, 0.4) is 0 Å². The number of piperidine rings is 1. The molecule has 0 saturated carbocycles. The molecule has 1 aliphatic rings. The van der Waals surface area contributed by atoms with Gasteiger partial charge in [0.2, 0.25) is 5.95 Å². The van der Waals surface area contributed by atoms with Gasteiger partial charge in [-0.2, -0.15) is 0 Å². The Balaban J connectivity index is 1.49. The highest BCUT2D eigenvalue weighted by Crippen LogP contribution is 2.17. The Bertz CT molecular complexity index is 799.